The Labute approximate surface area is 191 Å². The predicted molar refractivity (Wildman–Crippen MR) is 129 cm³/mol. The van der Waals surface area contributed by atoms with Gasteiger partial charge < -0.3 is 21.1 Å². The number of carbonyl (C=O) groups is 1. The van der Waals surface area contributed by atoms with E-state index in [1.807, 2.05) is 24.3 Å². The molecule has 1 aromatic rings. The van der Waals surface area contributed by atoms with E-state index in [1.54, 1.807) is 0 Å². The second-order valence-corrected chi connectivity index (χ2v) is 7.12. The summed E-state index contributed by atoms with van der Waals surface area (Å²) in [7, 11) is 0. The van der Waals surface area contributed by atoms with Gasteiger partial charge in [-0.15, -0.1) is 24.0 Å². The molecular weight excluding hydrogens is 481 g/mol. The molecule has 0 spiro atoms. The van der Waals surface area contributed by atoms with Crippen LogP contribution in [0.3, 0.4) is 0 Å². The number of primary amides is 1. The topological polar surface area (TPSA) is 92.0 Å². The molecule has 0 aromatic heterocycles. The number of likely N-dealkylation sites (tertiary alicyclic amines) is 1. The Bertz CT molecular complexity index is 641. The van der Waals surface area contributed by atoms with Crippen molar-refractivity contribution in [1.82, 2.24) is 15.5 Å². The Kier molecular flexibility index (Phi) is 12.7. The van der Waals surface area contributed by atoms with Crippen LogP contribution in [-0.4, -0.2) is 55.6 Å². The van der Waals surface area contributed by atoms with E-state index in [4.69, 9.17) is 10.5 Å². The number of aliphatic imine (C=N–C) groups is 1. The summed E-state index contributed by atoms with van der Waals surface area (Å²) in [5, 5.41) is 6.74. The van der Waals surface area contributed by atoms with E-state index in [2.05, 4.69) is 34.4 Å². The summed E-state index contributed by atoms with van der Waals surface area (Å²) in [6.07, 6.45) is 5.20. The van der Waals surface area contributed by atoms with Gasteiger partial charge in [0.25, 0.3) is 5.91 Å². The summed E-state index contributed by atoms with van der Waals surface area (Å²) in [6, 6.07) is 8.29. The smallest absolute Gasteiger partial charge is 0.255 e. The van der Waals surface area contributed by atoms with Crippen LogP contribution in [0.2, 0.25) is 0 Å². The van der Waals surface area contributed by atoms with Crippen molar-refractivity contribution < 1.29 is 9.53 Å². The zero-order valence-electron chi connectivity index (χ0n) is 17.7. The molecule has 1 fully saturated rings. The lowest BCUT2D eigenvalue weighted by Crippen LogP contribution is -2.45. The monoisotopic (exact) mass is 517 g/mol. The van der Waals surface area contributed by atoms with Crippen molar-refractivity contribution in [3.8, 4) is 5.75 Å². The molecule has 1 heterocycles. The molecule has 0 aliphatic carbocycles. The Morgan fingerprint density at radius 2 is 2.14 bits per heavy atom. The molecule has 0 bridgehead atoms. The maximum absolute atomic E-state index is 10.9. The van der Waals surface area contributed by atoms with E-state index in [1.165, 1.54) is 32.2 Å². The summed E-state index contributed by atoms with van der Waals surface area (Å²) in [5.74, 6) is 0.956. The van der Waals surface area contributed by atoms with E-state index < -0.39 is 5.91 Å². The third kappa shape index (κ3) is 9.66. The highest BCUT2D eigenvalue weighted by Gasteiger charge is 2.19. The van der Waals surface area contributed by atoms with Crippen molar-refractivity contribution in [1.29, 1.82) is 0 Å². The van der Waals surface area contributed by atoms with Gasteiger partial charge in [0.15, 0.2) is 12.6 Å². The molecule has 1 aliphatic heterocycles. The van der Waals surface area contributed by atoms with Crippen molar-refractivity contribution in [2.75, 3.05) is 32.8 Å². The molecule has 164 valence electrons. The minimum atomic E-state index is -0.485. The first-order valence-electron chi connectivity index (χ1n) is 10.4. The lowest BCUT2D eigenvalue weighted by molar-refractivity contribution is -0.119. The van der Waals surface area contributed by atoms with E-state index in [-0.39, 0.29) is 30.6 Å². The van der Waals surface area contributed by atoms with Gasteiger partial charge >= 0.3 is 0 Å². The van der Waals surface area contributed by atoms with E-state index in [9.17, 15) is 4.79 Å². The van der Waals surface area contributed by atoms with Crippen molar-refractivity contribution in [2.24, 2.45) is 10.7 Å². The Balaban J connectivity index is 0.00000420. The van der Waals surface area contributed by atoms with Gasteiger partial charge in [0, 0.05) is 25.7 Å². The molecule has 0 saturated carbocycles. The molecule has 1 saturated heterocycles. The van der Waals surface area contributed by atoms with Crippen LogP contribution in [-0.2, 0) is 11.3 Å². The number of hydrogen-bond acceptors (Lipinski definition) is 4. The maximum Gasteiger partial charge on any atom is 0.255 e. The molecule has 0 radical (unpaired) electrons. The predicted octanol–water partition coefficient (Wildman–Crippen LogP) is 2.49. The molecular formula is C21H36IN5O2. The molecule has 7 nitrogen and oxygen atoms in total. The molecule has 1 aromatic carbocycles. The number of nitrogens with one attached hydrogen (secondary N) is 2. The number of piperidine rings is 1. The minimum Gasteiger partial charge on any atom is -0.484 e. The molecule has 4 N–H and O–H groups in total. The van der Waals surface area contributed by atoms with Crippen LogP contribution in [0.1, 0.15) is 45.1 Å². The van der Waals surface area contributed by atoms with Gasteiger partial charge in [0.2, 0.25) is 0 Å². The van der Waals surface area contributed by atoms with Crippen LogP contribution in [0.15, 0.2) is 29.3 Å². The summed E-state index contributed by atoms with van der Waals surface area (Å²) in [4.78, 5) is 18.1. The van der Waals surface area contributed by atoms with Crippen LogP contribution >= 0.6 is 24.0 Å². The summed E-state index contributed by atoms with van der Waals surface area (Å²) in [5.41, 5.74) is 6.14. The lowest BCUT2D eigenvalue weighted by Gasteiger charge is -2.35. The van der Waals surface area contributed by atoms with Gasteiger partial charge in [-0.3, -0.25) is 9.69 Å². The fourth-order valence-corrected chi connectivity index (χ4v) is 3.53. The molecule has 1 aliphatic rings. The highest BCUT2D eigenvalue weighted by Crippen LogP contribution is 2.18. The van der Waals surface area contributed by atoms with Gasteiger partial charge in [0.05, 0.1) is 6.54 Å². The fourth-order valence-electron chi connectivity index (χ4n) is 3.53. The minimum absolute atomic E-state index is 0. The first-order valence-corrected chi connectivity index (χ1v) is 10.4. The van der Waals surface area contributed by atoms with Gasteiger partial charge in [0.1, 0.15) is 5.75 Å². The quantitative estimate of drug-likeness (QED) is 0.252. The van der Waals surface area contributed by atoms with Crippen LogP contribution in [0.25, 0.3) is 0 Å². The SMILES string of the molecule is CCNC(=NCc1cccc(OCC(N)=O)c1)NCCN1CCCCC1CC.I. The third-order valence-corrected chi connectivity index (χ3v) is 4.96. The van der Waals surface area contributed by atoms with Crippen molar-refractivity contribution >= 4 is 35.8 Å². The first kappa shape index (κ1) is 25.5. The Morgan fingerprint density at radius 1 is 1.31 bits per heavy atom. The normalized spacial score (nSPS) is 17.3. The third-order valence-electron chi connectivity index (χ3n) is 4.96. The van der Waals surface area contributed by atoms with Crippen LogP contribution in [0, 0.1) is 0 Å². The number of nitrogens with zero attached hydrogens (tertiary/aromatic N) is 2. The highest BCUT2D eigenvalue weighted by molar-refractivity contribution is 14.0. The average molecular weight is 517 g/mol. The maximum atomic E-state index is 10.9. The van der Waals surface area contributed by atoms with Gasteiger partial charge in [-0.2, -0.15) is 0 Å². The summed E-state index contributed by atoms with van der Waals surface area (Å²) < 4.78 is 5.36. The molecule has 1 atom stereocenters. The number of ether oxygens (including phenoxy) is 1. The van der Waals surface area contributed by atoms with Crippen LogP contribution in [0.5, 0.6) is 5.75 Å². The number of rotatable bonds is 10. The van der Waals surface area contributed by atoms with Crippen LogP contribution < -0.4 is 21.1 Å². The molecule has 29 heavy (non-hydrogen) atoms. The number of hydrogen-bond donors (Lipinski definition) is 3. The molecule has 2 rings (SSSR count). The number of guanidine groups is 1. The van der Waals surface area contributed by atoms with Crippen LogP contribution in [0.4, 0.5) is 0 Å². The van der Waals surface area contributed by atoms with Gasteiger partial charge in [-0.25, -0.2) is 4.99 Å². The Morgan fingerprint density at radius 3 is 2.86 bits per heavy atom. The number of benzene rings is 1. The molecule has 1 amide bonds. The van der Waals surface area contributed by atoms with E-state index >= 15 is 0 Å². The second-order valence-electron chi connectivity index (χ2n) is 7.12. The summed E-state index contributed by atoms with van der Waals surface area (Å²) in [6.45, 7) is 8.69. The number of halogens is 1. The average Bonchev–Trinajstić information content (AvgIpc) is 2.71. The second kappa shape index (κ2) is 14.4. The highest BCUT2D eigenvalue weighted by atomic mass is 127. The standard InChI is InChI=1S/C21H35N5O2.HI/c1-3-18-9-5-6-12-26(18)13-11-24-21(23-4-2)25-15-17-8-7-10-19(14-17)28-16-20(22)27;/h7-8,10,14,18H,3-6,9,11-13,15-16H2,1-2H3,(H2,22,27)(H2,23,24,25);1H. The van der Waals surface area contributed by atoms with Crippen molar-refractivity contribution in [3.05, 3.63) is 29.8 Å². The summed E-state index contributed by atoms with van der Waals surface area (Å²) >= 11 is 0. The Hall–Kier alpha value is -1.55. The largest absolute Gasteiger partial charge is 0.484 e. The number of nitrogens with two attached hydrogens (primary N) is 1. The number of amides is 1. The first-order chi connectivity index (χ1) is 13.6. The van der Waals surface area contributed by atoms with Crippen molar-refractivity contribution in [3.63, 3.8) is 0 Å². The van der Waals surface area contributed by atoms with Crippen molar-refractivity contribution in [2.45, 2.75) is 52.1 Å². The zero-order chi connectivity index (χ0) is 20.2. The van der Waals surface area contributed by atoms with E-state index in [0.29, 0.717) is 12.3 Å². The molecule has 8 heteroatoms. The lowest BCUT2D eigenvalue weighted by atomic mass is 10.0. The zero-order valence-corrected chi connectivity index (χ0v) is 20.0. The van der Waals surface area contributed by atoms with Gasteiger partial charge in [-0.1, -0.05) is 25.5 Å². The molecule has 1 unspecified atom stereocenters. The van der Waals surface area contributed by atoms with Gasteiger partial charge in [-0.05, 0) is 50.4 Å². The fraction of sp³-hybridized carbons (Fsp3) is 0.619. The van der Waals surface area contributed by atoms with E-state index in [0.717, 1.165) is 37.2 Å². The number of carbonyl (C=O) groups excluding carboxylic acids is 1.